The molecule has 0 aromatic heterocycles. The van der Waals surface area contributed by atoms with Gasteiger partial charge < -0.3 is 15.2 Å². The molecule has 2 N–H and O–H groups in total. The van der Waals surface area contributed by atoms with Crippen LogP contribution < -0.4 is 15.2 Å². The van der Waals surface area contributed by atoms with Crippen LogP contribution >= 0.6 is 0 Å². The lowest BCUT2D eigenvalue weighted by molar-refractivity contribution is -0.138. The minimum Gasteiger partial charge on any atom is -0.454 e. The van der Waals surface area contributed by atoms with Crippen molar-refractivity contribution in [1.82, 2.24) is 0 Å². The third-order valence-electron chi connectivity index (χ3n) is 3.34. The SMILES string of the molecule is NC1(Cc2cc3c(cc2C(F)(F)F)OCO3)CC1. The quantitative estimate of drug-likeness (QED) is 0.887. The molecule has 3 nitrogen and oxygen atoms in total. The van der Waals surface area contributed by atoms with Crippen molar-refractivity contribution < 1.29 is 22.6 Å². The maximum atomic E-state index is 13.0. The highest BCUT2D eigenvalue weighted by Crippen LogP contribution is 2.44. The maximum absolute atomic E-state index is 13.0. The Morgan fingerprint density at radius 1 is 1.17 bits per heavy atom. The normalized spacial score (nSPS) is 20.0. The summed E-state index contributed by atoms with van der Waals surface area (Å²) in [5, 5.41) is 0. The van der Waals surface area contributed by atoms with Crippen molar-refractivity contribution in [3.8, 4) is 11.5 Å². The van der Waals surface area contributed by atoms with Gasteiger partial charge in [0.25, 0.3) is 0 Å². The van der Waals surface area contributed by atoms with Gasteiger partial charge >= 0.3 is 6.18 Å². The number of nitrogens with two attached hydrogens (primary N) is 1. The van der Waals surface area contributed by atoms with Crippen molar-refractivity contribution in [3.05, 3.63) is 23.3 Å². The molecule has 0 spiro atoms. The van der Waals surface area contributed by atoms with E-state index in [1.807, 2.05) is 0 Å². The third-order valence-corrected chi connectivity index (χ3v) is 3.34. The Bertz CT molecular complexity index is 495. The van der Waals surface area contributed by atoms with Gasteiger partial charge in [0, 0.05) is 5.54 Å². The number of rotatable bonds is 2. The van der Waals surface area contributed by atoms with Gasteiger partial charge in [-0.1, -0.05) is 0 Å². The van der Waals surface area contributed by atoms with Gasteiger partial charge in [0.15, 0.2) is 11.5 Å². The molecule has 0 atom stereocenters. The number of fused-ring (bicyclic) bond motifs is 1. The van der Waals surface area contributed by atoms with Gasteiger partial charge in [-0.2, -0.15) is 13.2 Å². The van der Waals surface area contributed by atoms with E-state index in [2.05, 4.69) is 0 Å². The van der Waals surface area contributed by atoms with E-state index in [9.17, 15) is 13.2 Å². The van der Waals surface area contributed by atoms with Crippen LogP contribution in [0.2, 0.25) is 0 Å². The van der Waals surface area contributed by atoms with Crippen molar-refractivity contribution in [3.63, 3.8) is 0 Å². The highest BCUT2D eigenvalue weighted by Gasteiger charge is 2.42. The molecule has 6 heteroatoms. The topological polar surface area (TPSA) is 44.5 Å². The van der Waals surface area contributed by atoms with Gasteiger partial charge in [0.05, 0.1) is 5.56 Å². The van der Waals surface area contributed by atoms with Crippen LogP contribution in [-0.2, 0) is 12.6 Å². The molecule has 98 valence electrons. The standard InChI is InChI=1S/C12H12F3NO2/c13-12(14,15)8-4-10-9(17-6-18-10)3-7(8)5-11(16)1-2-11/h3-4H,1-2,5-6,16H2. The van der Waals surface area contributed by atoms with Crippen LogP contribution in [0, 0.1) is 0 Å². The van der Waals surface area contributed by atoms with Crippen LogP contribution in [0.1, 0.15) is 24.0 Å². The zero-order chi connectivity index (χ0) is 13.0. The second-order valence-electron chi connectivity index (χ2n) is 4.90. The predicted molar refractivity (Wildman–Crippen MR) is 57.4 cm³/mol. The first-order valence-electron chi connectivity index (χ1n) is 5.66. The molecule has 0 unspecified atom stereocenters. The van der Waals surface area contributed by atoms with Crippen LogP contribution in [0.4, 0.5) is 13.2 Å². The van der Waals surface area contributed by atoms with Crippen molar-refractivity contribution >= 4 is 0 Å². The molecule has 1 aliphatic heterocycles. The van der Waals surface area contributed by atoms with E-state index < -0.39 is 17.3 Å². The molecular weight excluding hydrogens is 247 g/mol. The van der Waals surface area contributed by atoms with Gasteiger partial charge in [0.1, 0.15) is 0 Å². The summed E-state index contributed by atoms with van der Waals surface area (Å²) in [6.45, 7) is -0.0378. The Hall–Kier alpha value is -1.43. The second kappa shape index (κ2) is 3.54. The Balaban J connectivity index is 2.04. The van der Waals surface area contributed by atoms with Crippen LogP contribution in [0.25, 0.3) is 0 Å². The molecular formula is C12H12F3NO2. The van der Waals surface area contributed by atoms with E-state index in [4.69, 9.17) is 15.2 Å². The van der Waals surface area contributed by atoms with E-state index in [1.54, 1.807) is 0 Å². The molecule has 0 bridgehead atoms. The Morgan fingerprint density at radius 3 is 2.33 bits per heavy atom. The van der Waals surface area contributed by atoms with Crippen LogP contribution in [-0.4, -0.2) is 12.3 Å². The Labute approximate surface area is 102 Å². The summed E-state index contributed by atoms with van der Waals surface area (Å²) < 4.78 is 49.0. The summed E-state index contributed by atoms with van der Waals surface area (Å²) in [5.41, 5.74) is 4.93. The zero-order valence-corrected chi connectivity index (χ0v) is 9.51. The average molecular weight is 259 g/mol. The average Bonchev–Trinajstić information content (AvgIpc) is 2.82. The van der Waals surface area contributed by atoms with Gasteiger partial charge in [-0.15, -0.1) is 0 Å². The van der Waals surface area contributed by atoms with Crippen LogP contribution in [0.5, 0.6) is 11.5 Å². The molecule has 0 radical (unpaired) electrons. The van der Waals surface area contributed by atoms with E-state index in [0.717, 1.165) is 18.9 Å². The molecule has 1 aliphatic carbocycles. The molecule has 3 rings (SSSR count). The van der Waals surface area contributed by atoms with E-state index in [0.29, 0.717) is 5.75 Å². The third kappa shape index (κ3) is 2.01. The number of hydrogen-bond donors (Lipinski definition) is 1. The summed E-state index contributed by atoms with van der Waals surface area (Å²) in [6.07, 6.45) is -2.66. The van der Waals surface area contributed by atoms with Crippen molar-refractivity contribution in [2.24, 2.45) is 5.73 Å². The molecule has 1 fully saturated rings. The molecule has 1 saturated carbocycles. The highest BCUT2D eigenvalue weighted by molar-refractivity contribution is 5.50. The summed E-state index contributed by atoms with van der Waals surface area (Å²) in [6, 6.07) is 2.40. The van der Waals surface area contributed by atoms with Crippen LogP contribution in [0.15, 0.2) is 12.1 Å². The molecule has 1 aromatic rings. The first-order chi connectivity index (χ1) is 8.37. The molecule has 0 saturated heterocycles. The lowest BCUT2D eigenvalue weighted by atomic mass is 9.98. The number of hydrogen-bond acceptors (Lipinski definition) is 3. The highest BCUT2D eigenvalue weighted by atomic mass is 19.4. The van der Waals surface area contributed by atoms with Crippen LogP contribution in [0.3, 0.4) is 0 Å². The summed E-state index contributed by atoms with van der Waals surface area (Å²) in [5.74, 6) is 0.509. The zero-order valence-electron chi connectivity index (χ0n) is 9.51. The fraction of sp³-hybridized carbons (Fsp3) is 0.500. The molecule has 0 amide bonds. The lowest BCUT2D eigenvalue weighted by Gasteiger charge is -2.16. The minimum atomic E-state index is -4.40. The van der Waals surface area contributed by atoms with Crippen molar-refractivity contribution in [1.29, 1.82) is 0 Å². The second-order valence-corrected chi connectivity index (χ2v) is 4.90. The lowest BCUT2D eigenvalue weighted by Crippen LogP contribution is -2.26. The fourth-order valence-electron chi connectivity index (χ4n) is 2.11. The van der Waals surface area contributed by atoms with Gasteiger partial charge in [-0.05, 0) is 37.0 Å². The smallest absolute Gasteiger partial charge is 0.416 e. The van der Waals surface area contributed by atoms with E-state index >= 15 is 0 Å². The van der Waals surface area contributed by atoms with E-state index in [-0.39, 0.29) is 24.5 Å². The summed E-state index contributed by atoms with van der Waals surface area (Å²) in [4.78, 5) is 0. The number of benzene rings is 1. The molecule has 1 aromatic carbocycles. The number of halogens is 3. The van der Waals surface area contributed by atoms with Gasteiger partial charge in [0.2, 0.25) is 6.79 Å². The maximum Gasteiger partial charge on any atom is 0.416 e. The van der Waals surface area contributed by atoms with Crippen molar-refractivity contribution in [2.75, 3.05) is 6.79 Å². The summed E-state index contributed by atoms with van der Waals surface area (Å²) in [7, 11) is 0. The van der Waals surface area contributed by atoms with E-state index in [1.165, 1.54) is 6.07 Å². The van der Waals surface area contributed by atoms with Gasteiger partial charge in [-0.3, -0.25) is 0 Å². The Morgan fingerprint density at radius 2 is 1.78 bits per heavy atom. The largest absolute Gasteiger partial charge is 0.454 e. The Kier molecular flexibility index (Phi) is 2.29. The number of alkyl halides is 3. The molecule has 18 heavy (non-hydrogen) atoms. The van der Waals surface area contributed by atoms with Crippen molar-refractivity contribution in [2.45, 2.75) is 31.0 Å². The minimum absolute atomic E-state index is 0.0378. The predicted octanol–water partition coefficient (Wildman–Crippen LogP) is 2.47. The fourth-order valence-corrected chi connectivity index (χ4v) is 2.11. The summed E-state index contributed by atoms with van der Waals surface area (Å²) >= 11 is 0. The number of ether oxygens (including phenoxy) is 2. The van der Waals surface area contributed by atoms with Gasteiger partial charge in [-0.25, -0.2) is 0 Å². The first-order valence-corrected chi connectivity index (χ1v) is 5.66. The first kappa shape index (κ1) is 11.6. The molecule has 2 aliphatic rings. The molecule has 1 heterocycles. The monoisotopic (exact) mass is 259 g/mol.